The Bertz CT molecular complexity index is 1790. The third kappa shape index (κ3) is 8.93. The molecule has 15 nitrogen and oxygen atoms in total. The molecule has 0 radical (unpaired) electrons. The van der Waals surface area contributed by atoms with Crippen LogP contribution in [0.1, 0.15) is 61.6 Å². The fourth-order valence-electron chi connectivity index (χ4n) is 4.54. The summed E-state index contributed by atoms with van der Waals surface area (Å²) in [7, 11) is -4.52. The van der Waals surface area contributed by atoms with Crippen molar-refractivity contribution < 1.29 is 36.6 Å². The second kappa shape index (κ2) is 13.8. The highest BCUT2D eigenvalue weighted by molar-refractivity contribution is 7.80. The van der Waals surface area contributed by atoms with E-state index in [-0.39, 0.29) is 53.4 Å². The van der Waals surface area contributed by atoms with Crippen LogP contribution in [0.5, 0.6) is 0 Å². The van der Waals surface area contributed by atoms with E-state index < -0.39 is 27.8 Å². The topological polar surface area (TPSA) is 201 Å². The molecular weight excluding hydrogens is 628 g/mol. The first-order chi connectivity index (χ1) is 21.1. The standard InChI is InChI=1S/C28H34N6O9S2/c1-28(2,3)20-17-44-27(29-20)31-25(38)18-9-10-34-21(16-18)30-24(19(26(34)39)7-8-23(36)37)33-13-11-32(12-14-33)22(35)6-4-5-15-43-45(40,41)42/h7-10,16-17H,4-6,11-15H2,1-3H3,(H,36,37)(H,29,31,38)(H,40,41,42). The summed E-state index contributed by atoms with van der Waals surface area (Å²) in [6.07, 6.45) is 4.21. The number of piperazine rings is 1. The van der Waals surface area contributed by atoms with Crippen LogP contribution >= 0.6 is 11.3 Å². The SMILES string of the molecule is CC(C)(C)c1csc(NC(=O)c2ccn3c(=O)c(C=CC(=O)O)c(N4CCN(C(=O)CCCCOS(=O)(=O)O)CC4)nc3c2)n1. The average molecular weight is 663 g/mol. The number of carboxylic acid groups (broad SMARTS) is 1. The molecule has 1 fully saturated rings. The third-order valence-electron chi connectivity index (χ3n) is 6.94. The molecule has 0 aromatic carbocycles. The monoisotopic (exact) mass is 662 g/mol. The lowest BCUT2D eigenvalue weighted by Crippen LogP contribution is -2.49. The van der Waals surface area contributed by atoms with Gasteiger partial charge in [0.2, 0.25) is 5.91 Å². The number of amides is 2. The lowest BCUT2D eigenvalue weighted by Gasteiger charge is -2.36. The normalized spacial score (nSPS) is 14.3. The van der Waals surface area contributed by atoms with Crippen molar-refractivity contribution in [3.05, 3.63) is 57.0 Å². The molecule has 2 amide bonds. The molecule has 3 aromatic rings. The maximum atomic E-state index is 13.5. The lowest BCUT2D eigenvalue weighted by molar-refractivity contribution is -0.132. The molecule has 242 valence electrons. The molecule has 45 heavy (non-hydrogen) atoms. The Labute approximate surface area is 263 Å². The van der Waals surface area contributed by atoms with Crippen LogP contribution in [0.15, 0.2) is 34.6 Å². The Morgan fingerprint density at radius 1 is 1.13 bits per heavy atom. The van der Waals surface area contributed by atoms with Gasteiger partial charge in [0.25, 0.3) is 11.5 Å². The Balaban J connectivity index is 1.52. The van der Waals surface area contributed by atoms with Gasteiger partial charge in [-0.25, -0.2) is 18.9 Å². The smallest absolute Gasteiger partial charge is 0.397 e. The molecule has 3 N–H and O–H groups in total. The summed E-state index contributed by atoms with van der Waals surface area (Å²) in [5.41, 5.74) is 0.594. The second-order valence-corrected chi connectivity index (χ2v) is 13.2. The molecule has 17 heteroatoms. The zero-order valence-corrected chi connectivity index (χ0v) is 26.6. The van der Waals surface area contributed by atoms with Gasteiger partial charge in [0.05, 0.1) is 17.9 Å². The molecule has 1 saturated heterocycles. The number of carbonyl (C=O) groups is 3. The van der Waals surface area contributed by atoms with Crippen molar-refractivity contribution in [3.63, 3.8) is 0 Å². The molecule has 0 bridgehead atoms. The lowest BCUT2D eigenvalue weighted by atomic mass is 9.93. The first-order valence-corrected chi connectivity index (χ1v) is 16.3. The number of fused-ring (bicyclic) bond motifs is 1. The summed E-state index contributed by atoms with van der Waals surface area (Å²) in [5.74, 6) is -1.61. The fraction of sp³-hybridized carbons (Fsp3) is 0.429. The largest absolute Gasteiger partial charge is 0.478 e. The fourth-order valence-corrected chi connectivity index (χ4v) is 5.80. The molecule has 0 unspecified atom stereocenters. The Morgan fingerprint density at radius 2 is 1.84 bits per heavy atom. The van der Waals surface area contributed by atoms with E-state index in [1.165, 1.54) is 40.1 Å². The minimum Gasteiger partial charge on any atom is -0.478 e. The van der Waals surface area contributed by atoms with Gasteiger partial charge in [-0.2, -0.15) is 8.42 Å². The van der Waals surface area contributed by atoms with E-state index in [4.69, 9.17) is 4.55 Å². The van der Waals surface area contributed by atoms with Crippen molar-refractivity contribution in [1.29, 1.82) is 0 Å². The van der Waals surface area contributed by atoms with E-state index >= 15 is 0 Å². The van der Waals surface area contributed by atoms with Gasteiger partial charge in [-0.15, -0.1) is 11.3 Å². The van der Waals surface area contributed by atoms with Crippen LogP contribution in [0, 0.1) is 0 Å². The highest BCUT2D eigenvalue weighted by atomic mass is 32.3. The molecule has 1 aliphatic heterocycles. The van der Waals surface area contributed by atoms with Crippen LogP contribution in [0.25, 0.3) is 11.7 Å². The van der Waals surface area contributed by atoms with Crippen LogP contribution in [0.2, 0.25) is 0 Å². The number of carbonyl (C=O) groups excluding carboxylic acids is 2. The molecule has 0 saturated carbocycles. The van der Waals surface area contributed by atoms with E-state index in [2.05, 4.69) is 19.5 Å². The van der Waals surface area contributed by atoms with E-state index in [0.29, 0.717) is 37.7 Å². The predicted molar refractivity (Wildman–Crippen MR) is 167 cm³/mol. The van der Waals surface area contributed by atoms with E-state index in [1.807, 2.05) is 26.2 Å². The van der Waals surface area contributed by atoms with E-state index in [9.17, 15) is 32.7 Å². The number of pyridine rings is 1. The van der Waals surface area contributed by atoms with Crippen molar-refractivity contribution in [3.8, 4) is 0 Å². The van der Waals surface area contributed by atoms with Gasteiger partial charge in [0.15, 0.2) is 5.13 Å². The first-order valence-electron chi connectivity index (χ1n) is 14.0. The molecule has 1 aliphatic rings. The number of hydrogen-bond acceptors (Lipinski definition) is 11. The molecule has 0 aliphatic carbocycles. The van der Waals surface area contributed by atoms with Crippen LogP contribution < -0.4 is 15.8 Å². The van der Waals surface area contributed by atoms with Crippen molar-refractivity contribution in [2.24, 2.45) is 0 Å². The third-order valence-corrected chi connectivity index (χ3v) is 8.16. The number of aromatic nitrogens is 3. The summed E-state index contributed by atoms with van der Waals surface area (Å²) >= 11 is 1.31. The minimum absolute atomic E-state index is 0.0446. The van der Waals surface area contributed by atoms with Crippen molar-refractivity contribution in [2.45, 2.75) is 45.4 Å². The number of carboxylic acids is 1. The van der Waals surface area contributed by atoms with Gasteiger partial charge >= 0.3 is 16.4 Å². The average Bonchev–Trinajstić information content (AvgIpc) is 3.44. The van der Waals surface area contributed by atoms with Gasteiger partial charge < -0.3 is 14.9 Å². The zero-order chi connectivity index (χ0) is 32.9. The van der Waals surface area contributed by atoms with Gasteiger partial charge in [0, 0.05) is 61.2 Å². The summed E-state index contributed by atoms with van der Waals surface area (Å²) in [6, 6.07) is 2.93. The Hall–Kier alpha value is -4.19. The number of nitrogens with zero attached hydrogens (tertiary/aromatic N) is 5. The number of aliphatic carboxylic acids is 1. The van der Waals surface area contributed by atoms with Crippen LogP contribution in [0.4, 0.5) is 10.9 Å². The van der Waals surface area contributed by atoms with E-state index in [0.717, 1.165) is 11.8 Å². The summed E-state index contributed by atoms with van der Waals surface area (Å²) in [5, 5.41) is 14.3. The van der Waals surface area contributed by atoms with Crippen molar-refractivity contribution in [2.75, 3.05) is 43.0 Å². The van der Waals surface area contributed by atoms with Gasteiger partial charge in [-0.1, -0.05) is 20.8 Å². The van der Waals surface area contributed by atoms with E-state index in [1.54, 1.807) is 9.80 Å². The molecule has 0 atom stereocenters. The van der Waals surface area contributed by atoms with Crippen LogP contribution in [0.3, 0.4) is 0 Å². The summed E-state index contributed by atoms with van der Waals surface area (Å²) < 4.78 is 35.4. The predicted octanol–water partition coefficient (Wildman–Crippen LogP) is 2.44. The molecule has 4 rings (SSSR count). The maximum absolute atomic E-state index is 13.5. The van der Waals surface area contributed by atoms with Gasteiger partial charge in [-0.3, -0.25) is 28.7 Å². The highest BCUT2D eigenvalue weighted by Crippen LogP contribution is 2.27. The molecule has 4 heterocycles. The number of anilines is 2. The first kappa shape index (κ1) is 33.7. The van der Waals surface area contributed by atoms with Gasteiger partial charge in [-0.05, 0) is 31.1 Å². The summed E-state index contributed by atoms with van der Waals surface area (Å²) in [6.45, 7) is 7.03. The maximum Gasteiger partial charge on any atom is 0.397 e. The zero-order valence-electron chi connectivity index (χ0n) is 24.9. The summed E-state index contributed by atoms with van der Waals surface area (Å²) in [4.78, 5) is 63.1. The van der Waals surface area contributed by atoms with Crippen molar-refractivity contribution in [1.82, 2.24) is 19.3 Å². The van der Waals surface area contributed by atoms with Crippen LogP contribution in [-0.4, -0.2) is 87.9 Å². The Morgan fingerprint density at radius 3 is 2.47 bits per heavy atom. The number of rotatable bonds is 11. The van der Waals surface area contributed by atoms with Crippen LogP contribution in [-0.2, 0) is 29.6 Å². The number of nitrogens with one attached hydrogen (secondary N) is 1. The number of hydrogen-bond donors (Lipinski definition) is 3. The van der Waals surface area contributed by atoms with Gasteiger partial charge in [0.1, 0.15) is 11.5 Å². The molecule has 3 aromatic heterocycles. The van der Waals surface area contributed by atoms with Crippen molar-refractivity contribution >= 4 is 62.2 Å². The Kier molecular flexibility index (Phi) is 10.4. The minimum atomic E-state index is -4.52. The number of unbranched alkanes of at least 4 members (excludes halogenated alkanes) is 1. The quantitative estimate of drug-likeness (QED) is 0.154. The second-order valence-electron chi connectivity index (χ2n) is 11.3. The highest BCUT2D eigenvalue weighted by Gasteiger charge is 2.25. The molecular formula is C28H34N6O9S2. The number of thiazole rings is 1. The molecule has 0 spiro atoms.